The van der Waals surface area contributed by atoms with E-state index in [4.69, 9.17) is 16.3 Å². The van der Waals surface area contributed by atoms with E-state index in [1.165, 1.54) is 12.1 Å². The van der Waals surface area contributed by atoms with Crippen LogP contribution >= 0.6 is 11.6 Å². The van der Waals surface area contributed by atoms with Crippen LogP contribution < -0.4 is 10.6 Å². The van der Waals surface area contributed by atoms with Gasteiger partial charge < -0.3 is 4.74 Å². The van der Waals surface area contributed by atoms with Crippen LogP contribution in [0.1, 0.15) is 28.8 Å². The van der Waals surface area contributed by atoms with Crippen LogP contribution in [0.5, 0.6) is 0 Å². The normalized spacial score (nSPS) is 22.8. The molecule has 3 aromatic carbocycles. The average molecular weight is 479 g/mol. The number of benzene rings is 3. The first-order valence-electron chi connectivity index (χ1n) is 10.1. The minimum atomic E-state index is -5.25. The molecule has 2 atom stereocenters. The van der Waals surface area contributed by atoms with Crippen molar-refractivity contribution >= 4 is 17.6 Å². The Hall–Kier alpha value is -2.94. The van der Waals surface area contributed by atoms with E-state index in [1.807, 2.05) is 0 Å². The number of ether oxygens (including phenoxy) is 1. The van der Waals surface area contributed by atoms with Gasteiger partial charge in [-0.25, -0.2) is 9.18 Å². The molecule has 1 heterocycles. The minimum Gasteiger partial charge on any atom is -0.423 e. The van der Waals surface area contributed by atoms with Crippen LogP contribution in [0.4, 0.5) is 17.6 Å². The lowest BCUT2D eigenvalue weighted by Crippen LogP contribution is -2.56. The summed E-state index contributed by atoms with van der Waals surface area (Å²) in [6.45, 7) is 0. The lowest BCUT2D eigenvalue weighted by molar-refractivity contribution is -0.218. The van der Waals surface area contributed by atoms with Crippen LogP contribution in [-0.2, 0) is 16.0 Å². The fraction of sp³-hybridized carbons (Fsp3) is 0.208. The molecule has 0 aromatic heterocycles. The Kier molecular flexibility index (Phi) is 6.43. The molecule has 9 heteroatoms. The molecule has 2 unspecified atom stereocenters. The van der Waals surface area contributed by atoms with E-state index < -0.39 is 42.3 Å². The van der Waals surface area contributed by atoms with Crippen LogP contribution in [0.15, 0.2) is 78.9 Å². The van der Waals surface area contributed by atoms with E-state index in [0.717, 1.165) is 17.2 Å². The van der Waals surface area contributed by atoms with Gasteiger partial charge in [-0.1, -0.05) is 78.3 Å². The van der Waals surface area contributed by atoms with Crippen molar-refractivity contribution in [3.63, 3.8) is 0 Å². The number of hydrogen-bond donors (Lipinski definition) is 2. The van der Waals surface area contributed by atoms with Gasteiger partial charge in [0.2, 0.25) is 5.85 Å². The first kappa shape index (κ1) is 23.2. The standard InChI is InChI=1S/C24H19ClF4N2O2/c25-18-12-7-13-19(26)17(18)14-23(33-22(32)24(27,28)29)30-20(15-8-3-1-4-9-15)21(31-23)16-10-5-2-6-11-16/h1-13,20-21,30-31H,14H2. The van der Waals surface area contributed by atoms with Crippen molar-refractivity contribution in [1.29, 1.82) is 0 Å². The number of esters is 1. The van der Waals surface area contributed by atoms with Gasteiger partial charge in [0, 0.05) is 17.0 Å². The fourth-order valence-corrected chi connectivity index (χ4v) is 4.18. The Morgan fingerprint density at radius 3 is 1.85 bits per heavy atom. The van der Waals surface area contributed by atoms with Crippen molar-refractivity contribution in [1.82, 2.24) is 10.6 Å². The van der Waals surface area contributed by atoms with E-state index in [0.29, 0.717) is 0 Å². The molecule has 1 fully saturated rings. The van der Waals surface area contributed by atoms with Crippen molar-refractivity contribution in [2.75, 3.05) is 0 Å². The summed E-state index contributed by atoms with van der Waals surface area (Å²) in [6, 6.07) is 20.7. The van der Waals surface area contributed by atoms with E-state index in [9.17, 15) is 22.4 Å². The topological polar surface area (TPSA) is 50.4 Å². The number of hydrogen-bond acceptors (Lipinski definition) is 4. The largest absolute Gasteiger partial charge is 0.491 e. The molecule has 4 rings (SSSR count). The molecule has 0 spiro atoms. The molecule has 33 heavy (non-hydrogen) atoms. The molecule has 2 N–H and O–H groups in total. The molecule has 1 saturated heterocycles. The monoisotopic (exact) mass is 478 g/mol. The maximum atomic E-state index is 14.6. The lowest BCUT2D eigenvalue weighted by atomic mass is 9.95. The quantitative estimate of drug-likeness (QED) is 0.378. The summed E-state index contributed by atoms with van der Waals surface area (Å²) in [5.41, 5.74) is 1.39. The first-order chi connectivity index (χ1) is 15.7. The number of nitrogens with one attached hydrogen (secondary N) is 2. The zero-order chi connectivity index (χ0) is 23.6. The third kappa shape index (κ3) is 5.03. The third-order valence-electron chi connectivity index (χ3n) is 5.41. The van der Waals surface area contributed by atoms with Crippen LogP contribution in [0.3, 0.4) is 0 Å². The Balaban J connectivity index is 1.80. The second-order valence-corrected chi connectivity index (χ2v) is 8.06. The van der Waals surface area contributed by atoms with Crippen LogP contribution in [-0.4, -0.2) is 18.0 Å². The molecule has 4 nitrogen and oxygen atoms in total. The highest BCUT2D eigenvalue weighted by atomic mass is 35.5. The minimum absolute atomic E-state index is 0.000421. The molecule has 0 radical (unpaired) electrons. The van der Waals surface area contributed by atoms with Gasteiger partial charge in [-0.05, 0) is 23.3 Å². The Labute approximate surface area is 192 Å². The van der Waals surface area contributed by atoms with Gasteiger partial charge >= 0.3 is 12.1 Å². The van der Waals surface area contributed by atoms with Gasteiger partial charge in [0.25, 0.3) is 0 Å². The summed E-state index contributed by atoms with van der Waals surface area (Å²) in [5, 5.41) is 5.99. The van der Waals surface area contributed by atoms with E-state index in [2.05, 4.69) is 10.6 Å². The molecular formula is C24H19ClF4N2O2. The van der Waals surface area contributed by atoms with Gasteiger partial charge in [0.15, 0.2) is 0 Å². The average Bonchev–Trinajstić information content (AvgIpc) is 3.16. The second kappa shape index (κ2) is 9.13. The number of carbonyl (C=O) groups excluding carboxylic acids is 1. The molecule has 3 aromatic rings. The maximum Gasteiger partial charge on any atom is 0.491 e. The smallest absolute Gasteiger partial charge is 0.423 e. The lowest BCUT2D eigenvalue weighted by Gasteiger charge is -2.31. The van der Waals surface area contributed by atoms with Gasteiger partial charge in [-0.3, -0.25) is 10.6 Å². The molecular weight excluding hydrogens is 460 g/mol. The molecule has 0 saturated carbocycles. The predicted octanol–water partition coefficient (Wildman–Crippen LogP) is 5.46. The number of rotatable bonds is 5. The van der Waals surface area contributed by atoms with Crippen LogP contribution in [0.2, 0.25) is 5.02 Å². The predicted molar refractivity (Wildman–Crippen MR) is 115 cm³/mol. The Morgan fingerprint density at radius 1 is 0.879 bits per heavy atom. The zero-order valence-electron chi connectivity index (χ0n) is 17.1. The molecule has 172 valence electrons. The highest BCUT2D eigenvalue weighted by Crippen LogP contribution is 2.40. The van der Waals surface area contributed by atoms with Crippen molar-refractivity contribution in [2.24, 2.45) is 0 Å². The molecule has 0 amide bonds. The van der Waals surface area contributed by atoms with E-state index in [1.54, 1.807) is 60.7 Å². The highest BCUT2D eigenvalue weighted by molar-refractivity contribution is 6.31. The molecule has 1 aliphatic rings. The summed E-state index contributed by atoms with van der Waals surface area (Å²) in [6.07, 6.45) is -5.73. The van der Waals surface area contributed by atoms with Crippen LogP contribution in [0.25, 0.3) is 0 Å². The number of alkyl halides is 3. The SMILES string of the molecule is O=C(OC1(Cc2c(F)cccc2Cl)NC(c2ccccc2)C(c2ccccc2)N1)C(F)(F)F. The van der Waals surface area contributed by atoms with E-state index >= 15 is 0 Å². The maximum absolute atomic E-state index is 14.6. The number of carbonyl (C=O) groups is 1. The van der Waals surface area contributed by atoms with Gasteiger partial charge in [-0.15, -0.1) is 0 Å². The third-order valence-corrected chi connectivity index (χ3v) is 5.77. The fourth-order valence-electron chi connectivity index (χ4n) is 3.95. The number of halogens is 5. The van der Waals surface area contributed by atoms with Gasteiger partial charge in [0.1, 0.15) is 5.82 Å². The molecule has 1 aliphatic heterocycles. The summed E-state index contributed by atoms with van der Waals surface area (Å²) in [5.74, 6) is -5.22. The van der Waals surface area contributed by atoms with Gasteiger partial charge in [-0.2, -0.15) is 13.2 Å². The van der Waals surface area contributed by atoms with Gasteiger partial charge in [0.05, 0.1) is 12.1 Å². The summed E-state index contributed by atoms with van der Waals surface area (Å²) >= 11 is 6.14. The summed E-state index contributed by atoms with van der Waals surface area (Å²) in [7, 11) is 0. The van der Waals surface area contributed by atoms with Crippen LogP contribution in [0, 0.1) is 5.82 Å². The van der Waals surface area contributed by atoms with Crippen molar-refractivity contribution in [3.05, 3.63) is 106 Å². The highest BCUT2D eigenvalue weighted by Gasteiger charge is 2.53. The second-order valence-electron chi connectivity index (χ2n) is 7.66. The Morgan fingerprint density at radius 2 is 1.39 bits per heavy atom. The van der Waals surface area contributed by atoms with Crippen molar-refractivity contribution in [3.8, 4) is 0 Å². The van der Waals surface area contributed by atoms with Crippen molar-refractivity contribution < 1.29 is 27.1 Å². The zero-order valence-corrected chi connectivity index (χ0v) is 17.8. The summed E-state index contributed by atoms with van der Waals surface area (Å²) < 4.78 is 59.1. The summed E-state index contributed by atoms with van der Waals surface area (Å²) in [4.78, 5) is 11.9. The van der Waals surface area contributed by atoms with E-state index in [-0.39, 0.29) is 10.6 Å². The van der Waals surface area contributed by atoms with Crippen molar-refractivity contribution in [2.45, 2.75) is 30.5 Å². The molecule has 0 aliphatic carbocycles. The first-order valence-corrected chi connectivity index (χ1v) is 10.4. The molecule has 0 bridgehead atoms. The Bertz CT molecular complexity index is 1060.